The van der Waals surface area contributed by atoms with Crippen LogP contribution in [0.2, 0.25) is 0 Å². The SMILES string of the molecule is c1nc(C2CC2)cc(N2CC3CN(CCN4CCCC4)CC3C2)n1. The zero-order chi connectivity index (χ0) is 15.9. The van der Waals surface area contributed by atoms with Crippen molar-refractivity contribution < 1.29 is 0 Å². The minimum absolute atomic E-state index is 0.718. The van der Waals surface area contributed by atoms with Crippen molar-refractivity contribution in [1.82, 2.24) is 19.8 Å². The first-order valence-electron chi connectivity index (χ1n) is 9.87. The first kappa shape index (κ1) is 15.1. The highest BCUT2D eigenvalue weighted by atomic mass is 15.3. The second-order valence-electron chi connectivity index (χ2n) is 8.31. The van der Waals surface area contributed by atoms with Gasteiger partial charge in [-0.15, -0.1) is 0 Å². The highest BCUT2D eigenvalue weighted by Crippen LogP contribution is 2.40. The maximum absolute atomic E-state index is 4.56. The number of likely N-dealkylation sites (tertiary alicyclic amines) is 2. The molecule has 0 aromatic carbocycles. The number of rotatable bonds is 5. The molecule has 5 rings (SSSR count). The monoisotopic (exact) mass is 327 g/mol. The van der Waals surface area contributed by atoms with E-state index in [0.717, 1.165) is 17.8 Å². The molecule has 4 aliphatic rings. The van der Waals surface area contributed by atoms with Crippen LogP contribution in [0, 0.1) is 11.8 Å². The van der Waals surface area contributed by atoms with Gasteiger partial charge in [-0.25, -0.2) is 9.97 Å². The van der Waals surface area contributed by atoms with Crippen molar-refractivity contribution in [2.24, 2.45) is 11.8 Å². The average Bonchev–Trinajstić information content (AvgIpc) is 3.01. The number of hydrogen-bond acceptors (Lipinski definition) is 5. The van der Waals surface area contributed by atoms with Crippen LogP contribution in [0.1, 0.15) is 37.3 Å². The Morgan fingerprint density at radius 1 is 0.875 bits per heavy atom. The Kier molecular flexibility index (Phi) is 3.94. The van der Waals surface area contributed by atoms with Crippen LogP contribution in [0.15, 0.2) is 12.4 Å². The molecule has 1 saturated carbocycles. The van der Waals surface area contributed by atoms with Crippen LogP contribution in [0.4, 0.5) is 5.82 Å². The molecule has 0 spiro atoms. The molecule has 1 aromatic heterocycles. The van der Waals surface area contributed by atoms with Gasteiger partial charge in [-0.05, 0) is 50.6 Å². The molecule has 130 valence electrons. The third-order valence-corrected chi connectivity index (χ3v) is 6.49. The summed E-state index contributed by atoms with van der Waals surface area (Å²) in [5.74, 6) is 3.56. The molecule has 3 aliphatic heterocycles. The maximum atomic E-state index is 4.56. The van der Waals surface area contributed by atoms with E-state index in [1.165, 1.54) is 89.6 Å². The zero-order valence-corrected chi connectivity index (χ0v) is 14.6. The van der Waals surface area contributed by atoms with E-state index in [1.54, 1.807) is 6.33 Å². The molecule has 0 amide bonds. The van der Waals surface area contributed by atoms with E-state index < -0.39 is 0 Å². The zero-order valence-electron chi connectivity index (χ0n) is 14.6. The molecule has 0 N–H and O–H groups in total. The number of anilines is 1. The van der Waals surface area contributed by atoms with Crippen LogP contribution >= 0.6 is 0 Å². The molecule has 3 saturated heterocycles. The summed E-state index contributed by atoms with van der Waals surface area (Å²) < 4.78 is 0. The largest absolute Gasteiger partial charge is 0.356 e. The lowest BCUT2D eigenvalue weighted by Gasteiger charge is -2.24. The first-order valence-corrected chi connectivity index (χ1v) is 9.87. The van der Waals surface area contributed by atoms with Crippen molar-refractivity contribution in [1.29, 1.82) is 0 Å². The highest BCUT2D eigenvalue weighted by Gasteiger charge is 2.40. The summed E-state index contributed by atoms with van der Waals surface area (Å²) in [4.78, 5) is 16.9. The first-order chi connectivity index (χ1) is 11.8. The van der Waals surface area contributed by atoms with Crippen LogP contribution < -0.4 is 4.90 Å². The lowest BCUT2D eigenvalue weighted by atomic mass is 10.0. The minimum Gasteiger partial charge on any atom is -0.356 e. The van der Waals surface area contributed by atoms with E-state index in [2.05, 4.69) is 30.7 Å². The van der Waals surface area contributed by atoms with Gasteiger partial charge >= 0.3 is 0 Å². The van der Waals surface area contributed by atoms with Gasteiger partial charge in [-0.1, -0.05) is 0 Å². The molecule has 24 heavy (non-hydrogen) atoms. The van der Waals surface area contributed by atoms with Gasteiger partial charge in [0.15, 0.2) is 0 Å². The predicted octanol–water partition coefficient (Wildman–Crippen LogP) is 1.82. The van der Waals surface area contributed by atoms with Gasteiger partial charge in [0.05, 0.1) is 0 Å². The van der Waals surface area contributed by atoms with Gasteiger partial charge in [-0.3, -0.25) is 0 Å². The molecular weight excluding hydrogens is 298 g/mol. The van der Waals surface area contributed by atoms with Gasteiger partial charge in [0.1, 0.15) is 12.1 Å². The summed E-state index contributed by atoms with van der Waals surface area (Å²) in [6.07, 6.45) is 7.21. The van der Waals surface area contributed by atoms with Gasteiger partial charge in [0.2, 0.25) is 0 Å². The van der Waals surface area contributed by atoms with Gasteiger partial charge in [0.25, 0.3) is 0 Å². The molecule has 5 nitrogen and oxygen atoms in total. The smallest absolute Gasteiger partial charge is 0.132 e. The summed E-state index contributed by atoms with van der Waals surface area (Å²) in [6.45, 7) is 10.1. The van der Waals surface area contributed by atoms with Gasteiger partial charge < -0.3 is 14.7 Å². The van der Waals surface area contributed by atoms with Crippen LogP contribution in [-0.4, -0.2) is 72.1 Å². The van der Waals surface area contributed by atoms with E-state index in [1.807, 2.05) is 0 Å². The van der Waals surface area contributed by atoms with Crippen molar-refractivity contribution in [3.63, 3.8) is 0 Å². The molecule has 0 bridgehead atoms. The molecule has 5 heteroatoms. The number of fused-ring (bicyclic) bond motifs is 1. The molecule has 4 fully saturated rings. The van der Waals surface area contributed by atoms with E-state index in [-0.39, 0.29) is 0 Å². The number of aromatic nitrogens is 2. The van der Waals surface area contributed by atoms with Crippen molar-refractivity contribution in [2.75, 3.05) is 57.3 Å². The molecular formula is C19H29N5. The molecule has 1 aliphatic carbocycles. The third kappa shape index (κ3) is 3.04. The fourth-order valence-electron chi connectivity index (χ4n) is 4.89. The molecule has 1 aromatic rings. The Morgan fingerprint density at radius 2 is 1.58 bits per heavy atom. The third-order valence-electron chi connectivity index (χ3n) is 6.49. The summed E-state index contributed by atoms with van der Waals surface area (Å²) in [5, 5.41) is 0. The normalized spacial score (nSPS) is 31.1. The topological polar surface area (TPSA) is 35.5 Å². The fraction of sp³-hybridized carbons (Fsp3) is 0.789. The van der Waals surface area contributed by atoms with Crippen LogP contribution in [-0.2, 0) is 0 Å². The van der Waals surface area contributed by atoms with E-state index >= 15 is 0 Å². The van der Waals surface area contributed by atoms with Crippen molar-refractivity contribution in [2.45, 2.75) is 31.6 Å². The Morgan fingerprint density at radius 3 is 2.29 bits per heavy atom. The second-order valence-corrected chi connectivity index (χ2v) is 8.31. The van der Waals surface area contributed by atoms with E-state index in [4.69, 9.17) is 0 Å². The van der Waals surface area contributed by atoms with Crippen molar-refractivity contribution in [3.05, 3.63) is 18.1 Å². The lowest BCUT2D eigenvalue weighted by Crippen LogP contribution is -2.35. The van der Waals surface area contributed by atoms with Gasteiger partial charge in [-0.2, -0.15) is 0 Å². The molecule has 4 heterocycles. The Hall–Kier alpha value is -1.20. The maximum Gasteiger partial charge on any atom is 0.132 e. The number of hydrogen-bond donors (Lipinski definition) is 0. The fourth-order valence-corrected chi connectivity index (χ4v) is 4.89. The lowest BCUT2D eigenvalue weighted by molar-refractivity contribution is 0.248. The summed E-state index contributed by atoms with van der Waals surface area (Å²) >= 11 is 0. The van der Waals surface area contributed by atoms with Crippen LogP contribution in [0.5, 0.6) is 0 Å². The summed E-state index contributed by atoms with van der Waals surface area (Å²) in [6, 6.07) is 2.25. The van der Waals surface area contributed by atoms with Gasteiger partial charge in [0, 0.05) is 56.9 Å². The Labute approximate surface area is 145 Å². The quantitative estimate of drug-likeness (QED) is 0.824. The Balaban J connectivity index is 1.15. The standard InChI is InChI=1S/C19H29N5/c1-2-6-22(5-1)7-8-23-10-16-12-24(13-17(16)11-23)19-9-18(15-3-4-15)20-14-21-19/h9,14-17H,1-8,10-13H2. The second kappa shape index (κ2) is 6.26. The minimum atomic E-state index is 0.718. The highest BCUT2D eigenvalue weighted by molar-refractivity contribution is 5.42. The van der Waals surface area contributed by atoms with E-state index in [0.29, 0.717) is 0 Å². The summed E-state index contributed by atoms with van der Waals surface area (Å²) in [5.41, 5.74) is 1.27. The van der Waals surface area contributed by atoms with Crippen LogP contribution in [0.25, 0.3) is 0 Å². The summed E-state index contributed by atoms with van der Waals surface area (Å²) in [7, 11) is 0. The van der Waals surface area contributed by atoms with E-state index in [9.17, 15) is 0 Å². The van der Waals surface area contributed by atoms with Crippen molar-refractivity contribution in [3.8, 4) is 0 Å². The Bertz CT molecular complexity index is 567. The number of nitrogens with zero attached hydrogens (tertiary/aromatic N) is 5. The molecule has 2 unspecified atom stereocenters. The predicted molar refractivity (Wildman–Crippen MR) is 95.3 cm³/mol. The van der Waals surface area contributed by atoms with Crippen LogP contribution in [0.3, 0.4) is 0 Å². The average molecular weight is 327 g/mol. The molecule has 0 radical (unpaired) electrons. The molecule has 2 atom stereocenters. The van der Waals surface area contributed by atoms with Crippen molar-refractivity contribution >= 4 is 5.82 Å².